The fourth-order valence-corrected chi connectivity index (χ4v) is 1.52. The Kier molecular flexibility index (Phi) is 2.06. The Bertz CT molecular complexity index is 293. The van der Waals surface area contributed by atoms with Crippen LogP contribution in [0.2, 0.25) is 0 Å². The number of hydrogen-bond donors (Lipinski definition) is 2. The third-order valence-electron chi connectivity index (χ3n) is 2.37. The van der Waals surface area contributed by atoms with Gasteiger partial charge in [-0.1, -0.05) is 6.07 Å². The van der Waals surface area contributed by atoms with Gasteiger partial charge >= 0.3 is 0 Å². The molecule has 0 atom stereocenters. The van der Waals surface area contributed by atoms with Gasteiger partial charge in [0, 0.05) is 19.0 Å². The quantitative estimate of drug-likeness (QED) is 0.672. The van der Waals surface area contributed by atoms with Crippen molar-refractivity contribution in [1.29, 1.82) is 0 Å². The van der Waals surface area contributed by atoms with Gasteiger partial charge in [-0.25, -0.2) is 4.98 Å². The lowest BCUT2D eigenvalue weighted by Gasteiger charge is -2.39. The van der Waals surface area contributed by atoms with Gasteiger partial charge in [0.2, 0.25) is 0 Å². The Morgan fingerprint density at radius 2 is 2.23 bits per heavy atom. The molecule has 1 aliphatic rings. The van der Waals surface area contributed by atoms with Crippen molar-refractivity contribution in [3.63, 3.8) is 0 Å². The smallest absolute Gasteiger partial charge is 0.130 e. The Morgan fingerprint density at radius 3 is 2.85 bits per heavy atom. The van der Waals surface area contributed by atoms with Crippen LogP contribution in [0.5, 0.6) is 0 Å². The van der Waals surface area contributed by atoms with Crippen molar-refractivity contribution in [2.24, 2.45) is 11.7 Å². The van der Waals surface area contributed by atoms with Crippen LogP contribution in [0.25, 0.3) is 0 Å². The zero-order chi connectivity index (χ0) is 9.26. The lowest BCUT2D eigenvalue weighted by Crippen LogP contribution is -2.50. The molecule has 0 unspecified atom stereocenters. The predicted octanol–water partition coefficient (Wildman–Crippen LogP) is 0.0587. The maximum atomic E-state index is 5.58. The summed E-state index contributed by atoms with van der Waals surface area (Å²) in [6.07, 6.45) is 0. The Balaban J connectivity index is 2.03. The molecule has 0 radical (unpaired) electrons. The van der Waals surface area contributed by atoms with Gasteiger partial charge < -0.3 is 16.4 Å². The Morgan fingerprint density at radius 1 is 1.46 bits per heavy atom. The van der Waals surface area contributed by atoms with E-state index >= 15 is 0 Å². The summed E-state index contributed by atoms with van der Waals surface area (Å²) in [5.41, 5.74) is 11.1. The van der Waals surface area contributed by atoms with Gasteiger partial charge in [-0.15, -0.1) is 0 Å². The summed E-state index contributed by atoms with van der Waals surface area (Å²) in [5, 5.41) is 0. The largest absolute Gasteiger partial charge is 0.384 e. The molecule has 2 rings (SSSR count). The van der Waals surface area contributed by atoms with E-state index in [1.807, 2.05) is 12.1 Å². The van der Waals surface area contributed by atoms with E-state index < -0.39 is 0 Å². The van der Waals surface area contributed by atoms with E-state index in [4.69, 9.17) is 11.5 Å². The van der Waals surface area contributed by atoms with Crippen LogP contribution < -0.4 is 16.4 Å². The first-order chi connectivity index (χ1) is 6.29. The molecular formula is C9H14N4. The summed E-state index contributed by atoms with van der Waals surface area (Å²) in [6, 6.07) is 5.69. The Hall–Kier alpha value is -1.29. The number of anilines is 2. The predicted molar refractivity (Wildman–Crippen MR) is 53.4 cm³/mol. The first kappa shape index (κ1) is 8.31. The average Bonchev–Trinajstić information content (AvgIpc) is 2.02. The van der Waals surface area contributed by atoms with Crippen LogP contribution in [0, 0.1) is 5.92 Å². The number of nitrogens with zero attached hydrogens (tertiary/aromatic N) is 2. The third-order valence-corrected chi connectivity index (χ3v) is 2.37. The molecule has 4 heteroatoms. The van der Waals surface area contributed by atoms with Crippen molar-refractivity contribution >= 4 is 11.6 Å². The van der Waals surface area contributed by atoms with Crippen molar-refractivity contribution < 1.29 is 0 Å². The molecule has 0 aliphatic carbocycles. The van der Waals surface area contributed by atoms with Crippen LogP contribution in [0.3, 0.4) is 0 Å². The molecule has 70 valence electrons. The van der Waals surface area contributed by atoms with Crippen molar-refractivity contribution in [2.75, 3.05) is 30.3 Å². The highest BCUT2D eigenvalue weighted by atomic mass is 15.2. The van der Waals surface area contributed by atoms with Gasteiger partial charge in [0.15, 0.2) is 0 Å². The molecule has 13 heavy (non-hydrogen) atoms. The van der Waals surface area contributed by atoms with E-state index in [1.54, 1.807) is 6.07 Å². The molecule has 0 bridgehead atoms. The molecule has 1 saturated heterocycles. The fraction of sp³-hybridized carbons (Fsp3) is 0.444. The van der Waals surface area contributed by atoms with E-state index in [9.17, 15) is 0 Å². The van der Waals surface area contributed by atoms with Crippen molar-refractivity contribution in [1.82, 2.24) is 4.98 Å². The van der Waals surface area contributed by atoms with Crippen LogP contribution in [0.15, 0.2) is 18.2 Å². The normalized spacial score (nSPS) is 17.2. The molecule has 1 aromatic heterocycles. The number of nitrogen functional groups attached to an aromatic ring is 1. The highest BCUT2D eigenvalue weighted by Gasteiger charge is 2.26. The minimum Gasteiger partial charge on any atom is -0.384 e. The molecule has 0 spiro atoms. The van der Waals surface area contributed by atoms with E-state index in [1.165, 1.54) is 0 Å². The summed E-state index contributed by atoms with van der Waals surface area (Å²) in [5.74, 6) is 2.17. The highest BCUT2D eigenvalue weighted by Crippen LogP contribution is 2.22. The lowest BCUT2D eigenvalue weighted by atomic mass is 10.0. The van der Waals surface area contributed by atoms with E-state index in [0.29, 0.717) is 11.7 Å². The second-order valence-electron chi connectivity index (χ2n) is 3.43. The van der Waals surface area contributed by atoms with Crippen LogP contribution in [0.1, 0.15) is 0 Å². The van der Waals surface area contributed by atoms with Crippen molar-refractivity contribution in [3.8, 4) is 0 Å². The first-order valence-corrected chi connectivity index (χ1v) is 4.47. The minimum atomic E-state index is 0.577. The molecule has 1 aliphatic heterocycles. The number of nitrogens with two attached hydrogens (primary N) is 2. The van der Waals surface area contributed by atoms with Crippen molar-refractivity contribution in [2.45, 2.75) is 0 Å². The zero-order valence-electron chi connectivity index (χ0n) is 7.48. The fourth-order valence-electron chi connectivity index (χ4n) is 1.52. The lowest BCUT2D eigenvalue weighted by molar-refractivity contribution is 0.417. The number of pyridine rings is 1. The molecule has 4 N–H and O–H groups in total. The molecule has 4 nitrogen and oxygen atoms in total. The van der Waals surface area contributed by atoms with Gasteiger partial charge in [0.25, 0.3) is 0 Å². The molecule has 0 aromatic carbocycles. The molecule has 0 saturated carbocycles. The van der Waals surface area contributed by atoms with Crippen LogP contribution in [0.4, 0.5) is 11.6 Å². The van der Waals surface area contributed by atoms with E-state index in [0.717, 1.165) is 25.5 Å². The van der Waals surface area contributed by atoms with Gasteiger partial charge in [-0.3, -0.25) is 0 Å². The average molecular weight is 178 g/mol. The minimum absolute atomic E-state index is 0.577. The SMILES string of the molecule is NCC1CN(c2cccc(N)n2)C1. The molecular weight excluding hydrogens is 164 g/mol. The number of rotatable bonds is 2. The summed E-state index contributed by atoms with van der Waals surface area (Å²) in [6.45, 7) is 2.78. The van der Waals surface area contributed by atoms with E-state index in [2.05, 4.69) is 9.88 Å². The monoisotopic (exact) mass is 178 g/mol. The Labute approximate surface area is 77.5 Å². The second-order valence-corrected chi connectivity index (χ2v) is 3.43. The van der Waals surface area contributed by atoms with Crippen molar-refractivity contribution in [3.05, 3.63) is 18.2 Å². The molecule has 1 fully saturated rings. The number of hydrogen-bond acceptors (Lipinski definition) is 4. The maximum Gasteiger partial charge on any atom is 0.130 e. The zero-order valence-corrected chi connectivity index (χ0v) is 7.48. The standard InChI is InChI=1S/C9H14N4/c10-4-7-5-13(6-7)9-3-1-2-8(11)12-9/h1-3,7H,4-6,10H2,(H2,11,12). The summed E-state index contributed by atoms with van der Waals surface area (Å²) in [4.78, 5) is 6.42. The van der Waals surface area contributed by atoms with Gasteiger partial charge in [-0.2, -0.15) is 0 Å². The summed E-state index contributed by atoms with van der Waals surface area (Å²) < 4.78 is 0. The number of aromatic nitrogens is 1. The van der Waals surface area contributed by atoms with Crippen LogP contribution in [-0.4, -0.2) is 24.6 Å². The van der Waals surface area contributed by atoms with Gasteiger partial charge in [-0.05, 0) is 18.7 Å². The second kappa shape index (κ2) is 3.22. The molecule has 1 aromatic rings. The first-order valence-electron chi connectivity index (χ1n) is 4.47. The summed E-state index contributed by atoms with van der Waals surface area (Å²) >= 11 is 0. The molecule has 0 amide bonds. The highest BCUT2D eigenvalue weighted by molar-refractivity contribution is 5.46. The van der Waals surface area contributed by atoms with Crippen LogP contribution >= 0.6 is 0 Å². The summed E-state index contributed by atoms with van der Waals surface area (Å²) in [7, 11) is 0. The van der Waals surface area contributed by atoms with Gasteiger partial charge in [0.05, 0.1) is 0 Å². The van der Waals surface area contributed by atoms with Crippen LogP contribution in [-0.2, 0) is 0 Å². The van der Waals surface area contributed by atoms with Gasteiger partial charge in [0.1, 0.15) is 11.6 Å². The third kappa shape index (κ3) is 1.58. The van der Waals surface area contributed by atoms with E-state index in [-0.39, 0.29) is 0 Å². The maximum absolute atomic E-state index is 5.58. The topological polar surface area (TPSA) is 68.2 Å². The molecule has 2 heterocycles.